The van der Waals surface area contributed by atoms with Gasteiger partial charge in [0.2, 0.25) is 5.95 Å². The standard InChI is InChI=1S/C13H11BrFN5S/c1-21-13-18-11-10(14)7-17-20(11)12(19-13)16-6-8-3-2-4-9(15)5-8/h2-5,7H,6H2,1H3,(H,16,18,19). The van der Waals surface area contributed by atoms with Crippen molar-refractivity contribution in [2.75, 3.05) is 11.6 Å². The van der Waals surface area contributed by atoms with Crippen molar-refractivity contribution in [2.45, 2.75) is 11.7 Å². The smallest absolute Gasteiger partial charge is 0.228 e. The number of nitrogens with one attached hydrogen (secondary N) is 1. The molecular weight excluding hydrogens is 357 g/mol. The molecule has 5 nitrogen and oxygen atoms in total. The van der Waals surface area contributed by atoms with Crippen LogP contribution in [0.4, 0.5) is 10.3 Å². The van der Waals surface area contributed by atoms with Gasteiger partial charge in [-0.3, -0.25) is 0 Å². The van der Waals surface area contributed by atoms with Gasteiger partial charge < -0.3 is 5.32 Å². The molecule has 0 amide bonds. The van der Waals surface area contributed by atoms with Gasteiger partial charge in [-0.05, 0) is 39.9 Å². The van der Waals surface area contributed by atoms with Crippen molar-refractivity contribution >= 4 is 39.3 Å². The van der Waals surface area contributed by atoms with E-state index in [0.29, 0.717) is 23.3 Å². The minimum atomic E-state index is -0.256. The fourth-order valence-corrected chi connectivity index (χ4v) is 2.57. The number of benzene rings is 1. The predicted molar refractivity (Wildman–Crippen MR) is 84.0 cm³/mol. The minimum absolute atomic E-state index is 0.256. The Kier molecular flexibility index (Phi) is 4.07. The highest BCUT2D eigenvalue weighted by molar-refractivity contribution is 9.10. The van der Waals surface area contributed by atoms with E-state index < -0.39 is 0 Å². The number of hydrogen-bond donors (Lipinski definition) is 1. The molecule has 0 aliphatic rings. The van der Waals surface area contributed by atoms with Crippen LogP contribution in [-0.2, 0) is 6.54 Å². The summed E-state index contributed by atoms with van der Waals surface area (Å²) in [5, 5.41) is 8.03. The molecular formula is C13H11BrFN5S. The van der Waals surface area contributed by atoms with Crippen LogP contribution in [0, 0.1) is 5.82 Å². The molecule has 0 radical (unpaired) electrons. The summed E-state index contributed by atoms with van der Waals surface area (Å²) >= 11 is 4.86. The SMILES string of the molecule is CSc1nc(NCc2cccc(F)c2)n2ncc(Br)c2n1. The highest BCUT2D eigenvalue weighted by atomic mass is 79.9. The second kappa shape index (κ2) is 5.98. The number of rotatable bonds is 4. The number of anilines is 1. The van der Waals surface area contributed by atoms with Crippen molar-refractivity contribution in [1.82, 2.24) is 19.6 Å². The van der Waals surface area contributed by atoms with E-state index in [1.54, 1.807) is 16.8 Å². The second-order valence-electron chi connectivity index (χ2n) is 4.25. The maximum absolute atomic E-state index is 13.2. The predicted octanol–water partition coefficient (Wildman–Crippen LogP) is 3.36. The van der Waals surface area contributed by atoms with E-state index in [2.05, 4.69) is 36.3 Å². The van der Waals surface area contributed by atoms with Gasteiger partial charge in [-0.15, -0.1) is 0 Å². The van der Waals surface area contributed by atoms with Crippen molar-refractivity contribution < 1.29 is 4.39 Å². The Morgan fingerprint density at radius 2 is 2.24 bits per heavy atom. The average Bonchev–Trinajstić information content (AvgIpc) is 2.86. The molecule has 8 heteroatoms. The first-order valence-corrected chi connectivity index (χ1v) is 8.13. The molecule has 0 atom stereocenters. The minimum Gasteiger partial charge on any atom is -0.350 e. The molecule has 2 aromatic heterocycles. The van der Waals surface area contributed by atoms with E-state index in [9.17, 15) is 4.39 Å². The largest absolute Gasteiger partial charge is 0.350 e. The lowest BCUT2D eigenvalue weighted by molar-refractivity contribution is 0.625. The molecule has 0 saturated carbocycles. The molecule has 0 spiro atoms. The van der Waals surface area contributed by atoms with Gasteiger partial charge in [-0.1, -0.05) is 23.9 Å². The maximum atomic E-state index is 13.2. The van der Waals surface area contributed by atoms with Crippen LogP contribution in [0.2, 0.25) is 0 Å². The van der Waals surface area contributed by atoms with E-state index in [0.717, 1.165) is 10.0 Å². The molecule has 2 heterocycles. The van der Waals surface area contributed by atoms with E-state index in [1.807, 2.05) is 12.3 Å². The van der Waals surface area contributed by atoms with E-state index in [4.69, 9.17) is 0 Å². The van der Waals surface area contributed by atoms with Gasteiger partial charge >= 0.3 is 0 Å². The molecule has 0 aliphatic heterocycles. The fourth-order valence-electron chi connectivity index (χ4n) is 1.87. The van der Waals surface area contributed by atoms with Gasteiger partial charge in [-0.2, -0.15) is 14.6 Å². The number of fused-ring (bicyclic) bond motifs is 1. The monoisotopic (exact) mass is 367 g/mol. The lowest BCUT2D eigenvalue weighted by Crippen LogP contribution is -2.09. The second-order valence-corrected chi connectivity index (χ2v) is 5.87. The van der Waals surface area contributed by atoms with E-state index in [-0.39, 0.29) is 5.82 Å². The summed E-state index contributed by atoms with van der Waals surface area (Å²) in [6, 6.07) is 6.44. The molecule has 0 saturated heterocycles. The highest BCUT2D eigenvalue weighted by Crippen LogP contribution is 2.21. The van der Waals surface area contributed by atoms with Crippen LogP contribution in [0.1, 0.15) is 5.56 Å². The lowest BCUT2D eigenvalue weighted by Gasteiger charge is -2.08. The molecule has 3 aromatic rings. The van der Waals surface area contributed by atoms with Crippen molar-refractivity contribution in [2.24, 2.45) is 0 Å². The molecule has 3 rings (SSSR count). The Hall–Kier alpha value is -1.67. The third-order valence-electron chi connectivity index (χ3n) is 2.83. The highest BCUT2D eigenvalue weighted by Gasteiger charge is 2.11. The maximum Gasteiger partial charge on any atom is 0.228 e. The first-order valence-electron chi connectivity index (χ1n) is 6.11. The van der Waals surface area contributed by atoms with Crippen LogP contribution in [-0.4, -0.2) is 25.8 Å². The first kappa shape index (κ1) is 14.3. The lowest BCUT2D eigenvalue weighted by atomic mass is 10.2. The zero-order chi connectivity index (χ0) is 14.8. The van der Waals surface area contributed by atoms with Crippen LogP contribution >= 0.6 is 27.7 Å². The van der Waals surface area contributed by atoms with Gasteiger partial charge in [0.05, 0.1) is 10.7 Å². The van der Waals surface area contributed by atoms with E-state index in [1.165, 1.54) is 23.9 Å². The fraction of sp³-hybridized carbons (Fsp3) is 0.154. The Labute approximate surface area is 133 Å². The van der Waals surface area contributed by atoms with Crippen molar-refractivity contribution in [3.05, 3.63) is 46.3 Å². The summed E-state index contributed by atoms with van der Waals surface area (Å²) in [7, 11) is 0. The number of thioether (sulfide) groups is 1. The van der Waals surface area contributed by atoms with Crippen molar-refractivity contribution in [1.29, 1.82) is 0 Å². The summed E-state index contributed by atoms with van der Waals surface area (Å²) < 4.78 is 15.6. The summed E-state index contributed by atoms with van der Waals surface area (Å²) in [5.74, 6) is 0.313. The van der Waals surface area contributed by atoms with Crippen molar-refractivity contribution in [3.8, 4) is 0 Å². The van der Waals surface area contributed by atoms with Gasteiger partial charge in [0.25, 0.3) is 0 Å². The Morgan fingerprint density at radius 1 is 1.38 bits per heavy atom. The number of hydrogen-bond acceptors (Lipinski definition) is 5. The average molecular weight is 368 g/mol. The summed E-state index contributed by atoms with van der Waals surface area (Å²) in [5.41, 5.74) is 1.52. The van der Waals surface area contributed by atoms with Gasteiger partial charge in [0, 0.05) is 6.54 Å². The number of aromatic nitrogens is 4. The van der Waals surface area contributed by atoms with Crippen LogP contribution in [0.25, 0.3) is 5.65 Å². The molecule has 0 bridgehead atoms. The van der Waals surface area contributed by atoms with Crippen LogP contribution in [0.15, 0.2) is 40.1 Å². The number of nitrogens with zero attached hydrogens (tertiary/aromatic N) is 4. The number of halogens is 2. The zero-order valence-corrected chi connectivity index (χ0v) is 13.4. The molecule has 21 heavy (non-hydrogen) atoms. The third kappa shape index (κ3) is 3.01. The van der Waals surface area contributed by atoms with E-state index >= 15 is 0 Å². The van der Waals surface area contributed by atoms with Gasteiger partial charge in [0.15, 0.2) is 10.8 Å². The molecule has 108 valence electrons. The summed E-state index contributed by atoms with van der Waals surface area (Å²) in [4.78, 5) is 8.79. The quantitative estimate of drug-likeness (QED) is 0.716. The molecule has 0 aliphatic carbocycles. The first-order chi connectivity index (χ1) is 10.2. The van der Waals surface area contributed by atoms with Gasteiger partial charge in [0.1, 0.15) is 5.82 Å². The molecule has 0 unspecified atom stereocenters. The molecule has 1 aromatic carbocycles. The topological polar surface area (TPSA) is 55.1 Å². The molecule has 0 fully saturated rings. The molecule has 1 N–H and O–H groups in total. The van der Waals surface area contributed by atoms with Crippen LogP contribution < -0.4 is 5.32 Å². The van der Waals surface area contributed by atoms with Crippen LogP contribution in [0.5, 0.6) is 0 Å². The summed E-state index contributed by atoms with van der Waals surface area (Å²) in [6.07, 6.45) is 3.58. The normalized spacial score (nSPS) is 11.0. The van der Waals surface area contributed by atoms with Crippen LogP contribution in [0.3, 0.4) is 0 Å². The Balaban J connectivity index is 1.92. The zero-order valence-electron chi connectivity index (χ0n) is 11.0. The van der Waals surface area contributed by atoms with Crippen molar-refractivity contribution in [3.63, 3.8) is 0 Å². The van der Waals surface area contributed by atoms with Gasteiger partial charge in [-0.25, -0.2) is 9.37 Å². The third-order valence-corrected chi connectivity index (χ3v) is 3.93. The Bertz CT molecular complexity index is 791. The Morgan fingerprint density at radius 3 is 3.00 bits per heavy atom. The summed E-state index contributed by atoms with van der Waals surface area (Å²) in [6.45, 7) is 0.454.